The van der Waals surface area contributed by atoms with E-state index in [0.717, 1.165) is 37.1 Å². The van der Waals surface area contributed by atoms with Crippen LogP contribution in [0.4, 0.5) is 4.39 Å². The molecule has 0 aliphatic heterocycles. The van der Waals surface area contributed by atoms with Gasteiger partial charge in [0.05, 0.1) is 17.1 Å². The number of imidazole rings is 1. The molecule has 0 aliphatic rings. The van der Waals surface area contributed by atoms with Gasteiger partial charge in [-0.15, -0.1) is 0 Å². The molecule has 0 saturated carbocycles. The highest BCUT2D eigenvalue weighted by molar-refractivity contribution is 5.76. The van der Waals surface area contributed by atoms with Crippen LogP contribution in [-0.2, 0) is 6.54 Å². The van der Waals surface area contributed by atoms with E-state index in [1.807, 2.05) is 0 Å². The number of unbranched alkanes of at least 4 members (excludes halogenated alkanes) is 1. The number of nitrogens with two attached hydrogens (primary N) is 1. The van der Waals surface area contributed by atoms with Gasteiger partial charge in [-0.25, -0.2) is 9.37 Å². The molecule has 1 unspecified atom stereocenters. The molecule has 0 bridgehead atoms. The Hall–Kier alpha value is -1.42. The molecule has 20 heavy (non-hydrogen) atoms. The van der Waals surface area contributed by atoms with E-state index in [1.54, 1.807) is 6.07 Å². The smallest absolute Gasteiger partial charge is 0.126 e. The van der Waals surface area contributed by atoms with Gasteiger partial charge in [0.1, 0.15) is 11.6 Å². The third-order valence-electron chi connectivity index (χ3n) is 3.49. The summed E-state index contributed by atoms with van der Waals surface area (Å²) < 4.78 is 15.5. The first-order valence-electron chi connectivity index (χ1n) is 7.44. The summed E-state index contributed by atoms with van der Waals surface area (Å²) in [6, 6.07) is 4.70. The van der Waals surface area contributed by atoms with Gasteiger partial charge in [0.15, 0.2) is 0 Å². The van der Waals surface area contributed by atoms with Crippen LogP contribution in [0.1, 0.15) is 51.9 Å². The molecule has 2 rings (SSSR count). The Morgan fingerprint density at radius 3 is 2.75 bits per heavy atom. The zero-order valence-corrected chi connectivity index (χ0v) is 12.6. The normalized spacial score (nSPS) is 13.3. The second kappa shape index (κ2) is 6.35. The molecule has 0 amide bonds. The third kappa shape index (κ3) is 3.18. The van der Waals surface area contributed by atoms with E-state index >= 15 is 0 Å². The quantitative estimate of drug-likeness (QED) is 0.866. The second-order valence-electron chi connectivity index (χ2n) is 5.86. The van der Waals surface area contributed by atoms with Crippen molar-refractivity contribution in [3.8, 4) is 0 Å². The van der Waals surface area contributed by atoms with Crippen LogP contribution in [0, 0.1) is 11.7 Å². The highest BCUT2D eigenvalue weighted by atomic mass is 19.1. The van der Waals surface area contributed by atoms with Crippen molar-refractivity contribution in [3.63, 3.8) is 0 Å². The average Bonchev–Trinajstić information content (AvgIpc) is 2.73. The van der Waals surface area contributed by atoms with Gasteiger partial charge in [0, 0.05) is 12.6 Å². The van der Waals surface area contributed by atoms with Crippen LogP contribution in [-0.4, -0.2) is 9.55 Å². The number of hydrogen-bond acceptors (Lipinski definition) is 2. The minimum absolute atomic E-state index is 0.0795. The number of hydrogen-bond donors (Lipinski definition) is 1. The molecular weight excluding hydrogens is 253 g/mol. The van der Waals surface area contributed by atoms with Crippen LogP contribution in [0.5, 0.6) is 0 Å². The first-order valence-corrected chi connectivity index (χ1v) is 7.44. The van der Waals surface area contributed by atoms with Gasteiger partial charge in [-0.3, -0.25) is 0 Å². The summed E-state index contributed by atoms with van der Waals surface area (Å²) in [4.78, 5) is 4.58. The average molecular weight is 277 g/mol. The monoisotopic (exact) mass is 277 g/mol. The van der Waals surface area contributed by atoms with Crippen molar-refractivity contribution < 1.29 is 4.39 Å². The summed E-state index contributed by atoms with van der Waals surface area (Å²) in [5.41, 5.74) is 7.96. The van der Waals surface area contributed by atoms with Crippen molar-refractivity contribution in [1.29, 1.82) is 0 Å². The lowest BCUT2D eigenvalue weighted by atomic mass is 10.1. The molecule has 1 heterocycles. The lowest BCUT2D eigenvalue weighted by Crippen LogP contribution is -2.18. The zero-order valence-electron chi connectivity index (χ0n) is 12.6. The van der Waals surface area contributed by atoms with Crippen molar-refractivity contribution in [2.24, 2.45) is 11.7 Å². The van der Waals surface area contributed by atoms with Gasteiger partial charge in [0.25, 0.3) is 0 Å². The molecule has 3 nitrogen and oxygen atoms in total. The standard InChI is InChI=1S/C16H24FN3/c1-4-5-6-13(18)16-19-14-9-12(17)7-8-15(14)20(16)10-11(2)3/h7-9,11,13H,4-6,10,18H2,1-3H3. The highest BCUT2D eigenvalue weighted by Crippen LogP contribution is 2.24. The topological polar surface area (TPSA) is 43.8 Å². The van der Waals surface area contributed by atoms with Crippen molar-refractivity contribution in [3.05, 3.63) is 29.8 Å². The molecule has 0 saturated heterocycles. The zero-order chi connectivity index (χ0) is 14.7. The summed E-state index contributed by atoms with van der Waals surface area (Å²) >= 11 is 0. The van der Waals surface area contributed by atoms with E-state index in [0.29, 0.717) is 11.4 Å². The predicted octanol–water partition coefficient (Wildman–Crippen LogP) is 4.02. The minimum Gasteiger partial charge on any atom is -0.326 e. The first kappa shape index (κ1) is 15.0. The summed E-state index contributed by atoms with van der Waals surface area (Å²) in [7, 11) is 0. The van der Waals surface area contributed by atoms with Crippen LogP contribution in [0.3, 0.4) is 0 Å². The van der Waals surface area contributed by atoms with Crippen molar-refractivity contribution in [2.75, 3.05) is 0 Å². The number of rotatable bonds is 6. The van der Waals surface area contributed by atoms with Gasteiger partial charge < -0.3 is 10.3 Å². The Kier molecular flexibility index (Phi) is 4.76. The van der Waals surface area contributed by atoms with Crippen LogP contribution in [0.25, 0.3) is 11.0 Å². The van der Waals surface area contributed by atoms with Crippen LogP contribution >= 0.6 is 0 Å². The maximum atomic E-state index is 13.4. The molecule has 1 atom stereocenters. The Bertz CT molecular complexity index is 574. The summed E-state index contributed by atoms with van der Waals surface area (Å²) in [6.45, 7) is 7.34. The molecule has 1 aromatic heterocycles. The number of benzene rings is 1. The van der Waals surface area contributed by atoms with E-state index in [4.69, 9.17) is 5.73 Å². The number of aromatic nitrogens is 2. The van der Waals surface area contributed by atoms with Crippen LogP contribution in [0.15, 0.2) is 18.2 Å². The maximum Gasteiger partial charge on any atom is 0.126 e. The Balaban J connectivity index is 2.45. The Morgan fingerprint density at radius 1 is 1.35 bits per heavy atom. The number of halogens is 1. The molecule has 0 spiro atoms. The molecule has 110 valence electrons. The fraction of sp³-hybridized carbons (Fsp3) is 0.562. The lowest BCUT2D eigenvalue weighted by molar-refractivity contribution is 0.483. The van der Waals surface area contributed by atoms with E-state index in [-0.39, 0.29) is 11.9 Å². The second-order valence-corrected chi connectivity index (χ2v) is 5.86. The lowest BCUT2D eigenvalue weighted by Gasteiger charge is -2.16. The molecular formula is C16H24FN3. The maximum absolute atomic E-state index is 13.4. The fourth-order valence-corrected chi connectivity index (χ4v) is 2.51. The Labute approximate surface area is 120 Å². The fourth-order valence-electron chi connectivity index (χ4n) is 2.51. The van der Waals surface area contributed by atoms with Crippen molar-refractivity contribution in [2.45, 2.75) is 52.6 Å². The summed E-state index contributed by atoms with van der Waals surface area (Å²) in [5, 5.41) is 0. The molecule has 0 aliphatic carbocycles. The van der Waals surface area contributed by atoms with Gasteiger partial charge in [-0.05, 0) is 24.5 Å². The largest absolute Gasteiger partial charge is 0.326 e. The Morgan fingerprint density at radius 2 is 2.10 bits per heavy atom. The first-order chi connectivity index (χ1) is 9.52. The van der Waals surface area contributed by atoms with Crippen molar-refractivity contribution >= 4 is 11.0 Å². The van der Waals surface area contributed by atoms with Crippen LogP contribution in [0.2, 0.25) is 0 Å². The SMILES string of the molecule is CCCCC(N)c1nc2cc(F)ccc2n1CC(C)C. The molecule has 2 N–H and O–H groups in total. The number of nitrogens with zero attached hydrogens (tertiary/aromatic N) is 2. The van der Waals surface area contributed by atoms with E-state index < -0.39 is 0 Å². The predicted molar refractivity (Wildman–Crippen MR) is 81.0 cm³/mol. The van der Waals surface area contributed by atoms with Gasteiger partial charge in [-0.1, -0.05) is 33.6 Å². The summed E-state index contributed by atoms with van der Waals surface area (Å²) in [5.74, 6) is 1.13. The van der Waals surface area contributed by atoms with Crippen LogP contribution < -0.4 is 5.73 Å². The van der Waals surface area contributed by atoms with E-state index in [1.165, 1.54) is 12.1 Å². The molecule has 1 aromatic carbocycles. The van der Waals surface area contributed by atoms with Gasteiger partial charge in [-0.2, -0.15) is 0 Å². The van der Waals surface area contributed by atoms with Gasteiger partial charge >= 0.3 is 0 Å². The molecule has 4 heteroatoms. The van der Waals surface area contributed by atoms with E-state index in [9.17, 15) is 4.39 Å². The van der Waals surface area contributed by atoms with Crippen molar-refractivity contribution in [1.82, 2.24) is 9.55 Å². The van der Waals surface area contributed by atoms with Gasteiger partial charge in [0.2, 0.25) is 0 Å². The van der Waals surface area contributed by atoms with E-state index in [2.05, 4.69) is 30.3 Å². The molecule has 2 aromatic rings. The summed E-state index contributed by atoms with van der Waals surface area (Å²) in [6.07, 6.45) is 3.12. The minimum atomic E-state index is -0.250. The molecule has 0 radical (unpaired) electrons. The third-order valence-corrected chi connectivity index (χ3v) is 3.49. The molecule has 0 fully saturated rings. The number of fused-ring (bicyclic) bond motifs is 1. The highest BCUT2D eigenvalue weighted by Gasteiger charge is 2.17.